The second kappa shape index (κ2) is 6.54. The molecule has 0 unspecified atom stereocenters. The van der Waals surface area contributed by atoms with Crippen molar-refractivity contribution in [2.45, 2.75) is 13.8 Å². The number of benzene rings is 1. The molecule has 78 valence electrons. The summed E-state index contributed by atoms with van der Waals surface area (Å²) in [7, 11) is 1.25. The standard InChI is InChI=1S/C8H6BrFO2.C2H6/c1-12-8(11)5-2-6(9)4-7(10)3-5;1-2/h2-4H,1H3;1-2H3. The van der Waals surface area contributed by atoms with Gasteiger partial charge >= 0.3 is 5.97 Å². The first-order chi connectivity index (χ1) is 6.63. The molecule has 0 spiro atoms. The lowest BCUT2D eigenvalue weighted by Gasteiger charge is -1.99. The van der Waals surface area contributed by atoms with Gasteiger partial charge in [-0.15, -0.1) is 0 Å². The predicted octanol–water partition coefficient (Wildman–Crippen LogP) is 3.40. The van der Waals surface area contributed by atoms with Gasteiger partial charge in [0.15, 0.2) is 0 Å². The lowest BCUT2D eigenvalue weighted by molar-refractivity contribution is 0.0600. The summed E-state index contributed by atoms with van der Waals surface area (Å²) in [6.07, 6.45) is 0. The van der Waals surface area contributed by atoms with Crippen LogP contribution in [-0.2, 0) is 4.74 Å². The van der Waals surface area contributed by atoms with E-state index in [0.29, 0.717) is 4.47 Å². The molecule has 1 rings (SSSR count). The summed E-state index contributed by atoms with van der Waals surface area (Å²) in [6, 6.07) is 3.89. The number of methoxy groups -OCH3 is 1. The Balaban J connectivity index is 0.000000791. The van der Waals surface area contributed by atoms with E-state index in [2.05, 4.69) is 20.7 Å². The minimum Gasteiger partial charge on any atom is -0.465 e. The molecule has 0 aromatic heterocycles. The minimum absolute atomic E-state index is 0.198. The molecule has 0 heterocycles. The molecule has 0 amide bonds. The SMILES string of the molecule is CC.COC(=O)c1cc(F)cc(Br)c1. The van der Waals surface area contributed by atoms with Gasteiger partial charge in [0.1, 0.15) is 5.82 Å². The number of carbonyl (C=O) groups excluding carboxylic acids is 1. The highest BCUT2D eigenvalue weighted by Gasteiger charge is 2.07. The van der Waals surface area contributed by atoms with Crippen molar-refractivity contribution < 1.29 is 13.9 Å². The fraction of sp³-hybridized carbons (Fsp3) is 0.300. The largest absolute Gasteiger partial charge is 0.465 e. The van der Waals surface area contributed by atoms with Crippen molar-refractivity contribution in [2.75, 3.05) is 7.11 Å². The third-order valence-corrected chi connectivity index (χ3v) is 1.74. The molecule has 0 atom stereocenters. The monoisotopic (exact) mass is 262 g/mol. The minimum atomic E-state index is -0.546. The van der Waals surface area contributed by atoms with E-state index in [9.17, 15) is 9.18 Å². The normalized spacial score (nSPS) is 8.64. The molecule has 0 radical (unpaired) electrons. The zero-order valence-electron chi connectivity index (χ0n) is 8.30. The highest BCUT2D eigenvalue weighted by Crippen LogP contribution is 2.15. The van der Waals surface area contributed by atoms with E-state index < -0.39 is 11.8 Å². The molecule has 1 aromatic rings. The quantitative estimate of drug-likeness (QED) is 0.726. The second-order valence-corrected chi connectivity index (χ2v) is 3.07. The van der Waals surface area contributed by atoms with Gasteiger partial charge in [-0.3, -0.25) is 0 Å². The molecule has 0 aliphatic heterocycles. The molecule has 0 saturated heterocycles. The van der Waals surface area contributed by atoms with Crippen molar-refractivity contribution in [3.63, 3.8) is 0 Å². The third kappa shape index (κ3) is 3.87. The lowest BCUT2D eigenvalue weighted by Crippen LogP contribution is -2.01. The molecule has 0 saturated carbocycles. The van der Waals surface area contributed by atoms with Gasteiger partial charge in [0.05, 0.1) is 12.7 Å². The molecule has 2 nitrogen and oxygen atoms in total. The Morgan fingerprint density at radius 2 is 1.93 bits per heavy atom. The van der Waals surface area contributed by atoms with Crippen molar-refractivity contribution in [2.24, 2.45) is 0 Å². The fourth-order valence-electron chi connectivity index (χ4n) is 0.790. The number of hydrogen-bond acceptors (Lipinski definition) is 2. The zero-order valence-corrected chi connectivity index (χ0v) is 9.89. The summed E-state index contributed by atoms with van der Waals surface area (Å²) >= 11 is 3.06. The van der Waals surface area contributed by atoms with Crippen molar-refractivity contribution >= 4 is 21.9 Å². The van der Waals surface area contributed by atoms with Crippen molar-refractivity contribution in [3.8, 4) is 0 Å². The first kappa shape index (κ1) is 13.1. The number of carbonyl (C=O) groups is 1. The molecule has 0 aliphatic carbocycles. The third-order valence-electron chi connectivity index (χ3n) is 1.28. The molecular formula is C10H12BrFO2. The molecule has 0 N–H and O–H groups in total. The van der Waals surface area contributed by atoms with Crippen LogP contribution < -0.4 is 0 Å². The Bertz CT molecular complexity index is 293. The van der Waals surface area contributed by atoms with Crippen molar-refractivity contribution in [1.29, 1.82) is 0 Å². The molecule has 0 fully saturated rings. The predicted molar refractivity (Wildman–Crippen MR) is 56.8 cm³/mol. The van der Waals surface area contributed by atoms with E-state index >= 15 is 0 Å². The number of ether oxygens (including phenoxy) is 1. The molecule has 0 aliphatic rings. The van der Waals surface area contributed by atoms with Crippen LogP contribution in [0.1, 0.15) is 24.2 Å². The molecule has 1 aromatic carbocycles. The first-order valence-electron chi connectivity index (χ1n) is 4.18. The van der Waals surface area contributed by atoms with E-state index in [-0.39, 0.29) is 5.56 Å². The number of hydrogen-bond donors (Lipinski definition) is 0. The molecular weight excluding hydrogens is 251 g/mol. The van der Waals surface area contributed by atoms with Crippen LogP contribution in [0.15, 0.2) is 22.7 Å². The Morgan fingerprint density at radius 3 is 2.36 bits per heavy atom. The van der Waals surface area contributed by atoms with Crippen LogP contribution in [-0.4, -0.2) is 13.1 Å². The highest BCUT2D eigenvalue weighted by molar-refractivity contribution is 9.10. The number of esters is 1. The van der Waals surface area contributed by atoms with E-state index in [1.54, 1.807) is 0 Å². The average Bonchev–Trinajstić information content (AvgIpc) is 2.18. The summed E-state index contributed by atoms with van der Waals surface area (Å²) in [5.74, 6) is -1.01. The van der Waals surface area contributed by atoms with E-state index in [1.807, 2.05) is 13.8 Å². The van der Waals surface area contributed by atoms with Gasteiger partial charge in [-0.25, -0.2) is 9.18 Å². The Kier molecular flexibility index (Phi) is 6.12. The Morgan fingerprint density at radius 1 is 1.36 bits per heavy atom. The van der Waals surface area contributed by atoms with E-state index in [0.717, 1.165) is 6.07 Å². The topological polar surface area (TPSA) is 26.3 Å². The summed E-state index contributed by atoms with van der Waals surface area (Å²) in [6.45, 7) is 4.00. The Hall–Kier alpha value is -0.900. The smallest absolute Gasteiger partial charge is 0.337 e. The van der Waals surface area contributed by atoms with Crippen molar-refractivity contribution in [3.05, 3.63) is 34.1 Å². The van der Waals surface area contributed by atoms with Crippen molar-refractivity contribution in [1.82, 2.24) is 0 Å². The second-order valence-electron chi connectivity index (χ2n) is 2.15. The molecule has 0 bridgehead atoms. The van der Waals surface area contributed by atoms with Crippen LogP contribution in [0.25, 0.3) is 0 Å². The van der Waals surface area contributed by atoms with Gasteiger partial charge in [0.25, 0.3) is 0 Å². The molecule has 14 heavy (non-hydrogen) atoms. The van der Waals surface area contributed by atoms with Crippen LogP contribution in [0.4, 0.5) is 4.39 Å². The highest BCUT2D eigenvalue weighted by atomic mass is 79.9. The maximum Gasteiger partial charge on any atom is 0.337 e. The maximum atomic E-state index is 12.7. The Labute approximate surface area is 91.2 Å². The van der Waals surface area contributed by atoms with Gasteiger partial charge in [-0.1, -0.05) is 29.8 Å². The van der Waals surface area contributed by atoms with Crippen LogP contribution in [0, 0.1) is 5.82 Å². The molecule has 4 heteroatoms. The van der Waals surface area contributed by atoms with Gasteiger partial charge in [-0.2, -0.15) is 0 Å². The van der Waals surface area contributed by atoms with Gasteiger partial charge in [0.2, 0.25) is 0 Å². The van der Waals surface area contributed by atoms with Crippen LogP contribution in [0.2, 0.25) is 0 Å². The van der Waals surface area contributed by atoms with Gasteiger partial charge < -0.3 is 4.74 Å². The number of rotatable bonds is 1. The number of halogens is 2. The first-order valence-corrected chi connectivity index (χ1v) is 4.97. The van der Waals surface area contributed by atoms with Crippen LogP contribution in [0.3, 0.4) is 0 Å². The van der Waals surface area contributed by atoms with Gasteiger partial charge in [-0.05, 0) is 18.2 Å². The average molecular weight is 263 g/mol. The van der Waals surface area contributed by atoms with Gasteiger partial charge in [0, 0.05) is 4.47 Å². The fourth-order valence-corrected chi connectivity index (χ4v) is 1.25. The maximum absolute atomic E-state index is 12.7. The van der Waals surface area contributed by atoms with Crippen LogP contribution in [0.5, 0.6) is 0 Å². The van der Waals surface area contributed by atoms with Crippen LogP contribution >= 0.6 is 15.9 Å². The summed E-state index contributed by atoms with van der Waals surface area (Å²) in [5, 5.41) is 0. The summed E-state index contributed by atoms with van der Waals surface area (Å²) in [4.78, 5) is 10.9. The summed E-state index contributed by atoms with van der Waals surface area (Å²) in [5.41, 5.74) is 0.198. The van der Waals surface area contributed by atoms with E-state index in [1.165, 1.54) is 19.2 Å². The van der Waals surface area contributed by atoms with E-state index in [4.69, 9.17) is 0 Å². The zero-order chi connectivity index (χ0) is 11.1. The summed E-state index contributed by atoms with van der Waals surface area (Å²) < 4.78 is 17.6. The lowest BCUT2D eigenvalue weighted by atomic mass is 10.2.